The molecule has 0 spiro atoms. The summed E-state index contributed by atoms with van der Waals surface area (Å²) in [6.07, 6.45) is 2.57. The second kappa shape index (κ2) is 14.6. The fraction of sp³-hybridized carbons (Fsp3) is 0.552. The first-order valence-electron chi connectivity index (χ1n) is 12.5. The molecule has 0 saturated carbocycles. The van der Waals surface area contributed by atoms with Gasteiger partial charge in [-0.15, -0.1) is 0 Å². The number of hydrogen-bond donors (Lipinski definition) is 0. The maximum absolute atomic E-state index is 10.3. The molecule has 0 aromatic heterocycles. The van der Waals surface area contributed by atoms with E-state index < -0.39 is 5.41 Å². The molecular weight excluding hydrogens is 456 g/mol. The molecule has 0 aliphatic rings. The molecule has 0 aliphatic heterocycles. The number of nitrogens with zero attached hydrogens (tertiary/aromatic N) is 2. The summed E-state index contributed by atoms with van der Waals surface area (Å²) in [5, 5.41) is 10.3. The molecule has 0 radical (unpaired) electrons. The van der Waals surface area contributed by atoms with E-state index in [1.54, 1.807) is 28.4 Å². The van der Waals surface area contributed by atoms with Crippen LogP contribution >= 0.6 is 0 Å². The molecule has 7 nitrogen and oxygen atoms in total. The minimum Gasteiger partial charge on any atom is -0.493 e. The Bertz CT molecular complexity index is 988. The Balaban J connectivity index is 1.98. The van der Waals surface area contributed by atoms with E-state index in [9.17, 15) is 5.26 Å². The molecule has 7 heteroatoms. The summed E-state index contributed by atoms with van der Waals surface area (Å²) < 4.78 is 27.2. The van der Waals surface area contributed by atoms with Crippen LogP contribution in [0.3, 0.4) is 0 Å². The molecular formula is C29H42N2O5. The highest BCUT2D eigenvalue weighted by atomic mass is 16.5. The molecule has 1 atom stereocenters. The summed E-state index contributed by atoms with van der Waals surface area (Å²) in [6.45, 7) is 7.05. The summed E-state index contributed by atoms with van der Waals surface area (Å²) in [7, 11) is 8.67. The van der Waals surface area contributed by atoms with E-state index in [2.05, 4.69) is 37.9 Å². The SMILES string of the molecule is COCCOc1ccc(CCN(C)CCCC(C#N)(c2ccc(OC)c(OC)c2)C(C)C)cc1OC. The van der Waals surface area contributed by atoms with Crippen molar-refractivity contribution in [3.8, 4) is 29.1 Å². The van der Waals surface area contributed by atoms with Gasteiger partial charge in [-0.2, -0.15) is 5.26 Å². The van der Waals surface area contributed by atoms with E-state index in [0.29, 0.717) is 24.7 Å². The average molecular weight is 499 g/mol. The first-order valence-corrected chi connectivity index (χ1v) is 12.5. The standard InChI is InChI=1S/C29H42N2O5/c1-22(2)29(21-30,24-10-12-25(33-5)28(20-24)35-7)14-8-15-31(3)16-13-23-9-11-26(27(19-23)34-6)36-18-17-32-4/h9-12,19-20,22H,8,13-18H2,1-7H3. The molecule has 198 valence electrons. The van der Waals surface area contributed by atoms with E-state index in [-0.39, 0.29) is 5.92 Å². The van der Waals surface area contributed by atoms with Gasteiger partial charge in [-0.1, -0.05) is 26.0 Å². The van der Waals surface area contributed by atoms with Crippen molar-refractivity contribution in [2.24, 2.45) is 5.92 Å². The Labute approximate surface area is 216 Å². The van der Waals surface area contributed by atoms with Crippen LogP contribution < -0.4 is 18.9 Å². The fourth-order valence-electron chi connectivity index (χ4n) is 4.41. The third-order valence-electron chi connectivity index (χ3n) is 6.75. The Morgan fingerprint density at radius 3 is 2.14 bits per heavy atom. The average Bonchev–Trinajstić information content (AvgIpc) is 2.90. The van der Waals surface area contributed by atoms with E-state index in [0.717, 1.165) is 49.4 Å². The molecule has 0 heterocycles. The normalized spacial score (nSPS) is 12.8. The molecule has 36 heavy (non-hydrogen) atoms. The summed E-state index contributed by atoms with van der Waals surface area (Å²) in [5.74, 6) is 2.93. The smallest absolute Gasteiger partial charge is 0.161 e. The molecule has 0 amide bonds. The predicted molar refractivity (Wildman–Crippen MR) is 142 cm³/mol. The monoisotopic (exact) mass is 498 g/mol. The topological polar surface area (TPSA) is 73.2 Å². The lowest BCUT2D eigenvalue weighted by Crippen LogP contribution is -2.32. The van der Waals surface area contributed by atoms with Gasteiger partial charge >= 0.3 is 0 Å². The summed E-state index contributed by atoms with van der Waals surface area (Å²) >= 11 is 0. The maximum atomic E-state index is 10.3. The van der Waals surface area contributed by atoms with Gasteiger partial charge in [0, 0.05) is 13.7 Å². The van der Waals surface area contributed by atoms with Crippen molar-refractivity contribution in [2.75, 3.05) is 61.8 Å². The molecule has 2 rings (SSSR count). The van der Waals surface area contributed by atoms with Crippen LogP contribution in [0.15, 0.2) is 36.4 Å². The van der Waals surface area contributed by atoms with E-state index >= 15 is 0 Å². The van der Waals surface area contributed by atoms with Crippen molar-refractivity contribution in [3.05, 3.63) is 47.5 Å². The van der Waals surface area contributed by atoms with Crippen LogP contribution in [0.5, 0.6) is 23.0 Å². The van der Waals surface area contributed by atoms with Gasteiger partial charge in [0.1, 0.15) is 6.61 Å². The second-order valence-corrected chi connectivity index (χ2v) is 9.29. The van der Waals surface area contributed by atoms with Crippen LogP contribution in [0.25, 0.3) is 0 Å². The van der Waals surface area contributed by atoms with Crippen molar-refractivity contribution >= 4 is 0 Å². The third-order valence-corrected chi connectivity index (χ3v) is 6.75. The molecule has 0 fully saturated rings. The van der Waals surface area contributed by atoms with Crippen LogP contribution in [0.1, 0.15) is 37.8 Å². The van der Waals surface area contributed by atoms with Crippen molar-refractivity contribution in [1.82, 2.24) is 4.90 Å². The van der Waals surface area contributed by atoms with Gasteiger partial charge < -0.3 is 28.6 Å². The van der Waals surface area contributed by atoms with Crippen LogP contribution in [-0.2, 0) is 16.6 Å². The number of ether oxygens (including phenoxy) is 5. The summed E-state index contributed by atoms with van der Waals surface area (Å²) in [5.41, 5.74) is 1.57. The number of methoxy groups -OCH3 is 4. The Morgan fingerprint density at radius 1 is 0.861 bits per heavy atom. The first-order chi connectivity index (χ1) is 17.3. The molecule has 2 aromatic rings. The molecule has 0 N–H and O–H groups in total. The highest BCUT2D eigenvalue weighted by Crippen LogP contribution is 2.40. The lowest BCUT2D eigenvalue weighted by atomic mass is 9.69. The maximum Gasteiger partial charge on any atom is 0.161 e. The number of rotatable bonds is 16. The zero-order valence-electron chi connectivity index (χ0n) is 22.9. The quantitative estimate of drug-likeness (QED) is 0.298. The lowest BCUT2D eigenvalue weighted by Gasteiger charge is -2.32. The molecule has 0 aliphatic carbocycles. The van der Waals surface area contributed by atoms with Crippen molar-refractivity contribution in [1.29, 1.82) is 5.26 Å². The van der Waals surface area contributed by atoms with Gasteiger partial charge in [-0.05, 0) is 74.2 Å². The van der Waals surface area contributed by atoms with Gasteiger partial charge in [0.2, 0.25) is 0 Å². The van der Waals surface area contributed by atoms with Gasteiger partial charge in [-0.3, -0.25) is 0 Å². The van der Waals surface area contributed by atoms with Crippen LogP contribution in [0.2, 0.25) is 0 Å². The molecule has 0 bridgehead atoms. The van der Waals surface area contributed by atoms with Crippen molar-refractivity contribution in [2.45, 2.75) is 38.5 Å². The van der Waals surface area contributed by atoms with Crippen LogP contribution in [0.4, 0.5) is 0 Å². The second-order valence-electron chi connectivity index (χ2n) is 9.29. The molecule has 1 unspecified atom stereocenters. The number of nitriles is 1. The van der Waals surface area contributed by atoms with E-state index in [1.165, 1.54) is 5.56 Å². The minimum absolute atomic E-state index is 0.156. The number of likely N-dealkylation sites (N-methyl/N-ethyl adjacent to an activating group) is 1. The largest absolute Gasteiger partial charge is 0.493 e. The van der Waals surface area contributed by atoms with E-state index in [1.807, 2.05) is 30.3 Å². The molecule has 2 aromatic carbocycles. The highest BCUT2D eigenvalue weighted by Gasteiger charge is 2.36. The lowest BCUT2D eigenvalue weighted by molar-refractivity contribution is 0.144. The predicted octanol–water partition coefficient (Wildman–Crippen LogP) is 5.11. The Hall–Kier alpha value is -2.95. The fourth-order valence-corrected chi connectivity index (χ4v) is 4.41. The third kappa shape index (κ3) is 7.52. The first kappa shape index (κ1) is 29.3. The van der Waals surface area contributed by atoms with Crippen molar-refractivity contribution < 1.29 is 23.7 Å². The Kier molecular flexibility index (Phi) is 11.9. The number of hydrogen-bond acceptors (Lipinski definition) is 7. The van der Waals surface area contributed by atoms with Gasteiger partial charge in [0.25, 0.3) is 0 Å². The van der Waals surface area contributed by atoms with Gasteiger partial charge in [0.05, 0.1) is 39.4 Å². The Morgan fingerprint density at radius 2 is 1.53 bits per heavy atom. The zero-order valence-corrected chi connectivity index (χ0v) is 22.9. The minimum atomic E-state index is -0.591. The zero-order chi connectivity index (χ0) is 26.6. The van der Waals surface area contributed by atoms with E-state index in [4.69, 9.17) is 23.7 Å². The van der Waals surface area contributed by atoms with Crippen LogP contribution in [-0.4, -0.2) is 66.7 Å². The van der Waals surface area contributed by atoms with Crippen LogP contribution in [0, 0.1) is 17.2 Å². The summed E-state index contributed by atoms with van der Waals surface area (Å²) in [6, 6.07) is 14.5. The molecule has 0 saturated heterocycles. The van der Waals surface area contributed by atoms with Gasteiger partial charge in [0.15, 0.2) is 23.0 Å². The number of benzene rings is 2. The van der Waals surface area contributed by atoms with Crippen molar-refractivity contribution in [3.63, 3.8) is 0 Å². The summed E-state index contributed by atoms with van der Waals surface area (Å²) in [4.78, 5) is 2.31. The van der Waals surface area contributed by atoms with Gasteiger partial charge in [-0.25, -0.2) is 0 Å². The highest BCUT2D eigenvalue weighted by molar-refractivity contribution is 5.47.